The van der Waals surface area contributed by atoms with Gasteiger partial charge in [0.1, 0.15) is 0 Å². The lowest BCUT2D eigenvalue weighted by Crippen LogP contribution is -2.11. The minimum atomic E-state index is -0.834. The normalized spacial score (nSPS) is 13.4. The van der Waals surface area contributed by atoms with Crippen LogP contribution in [-0.4, -0.2) is 10.2 Å². The quantitative estimate of drug-likeness (QED) is 0.626. The van der Waals surface area contributed by atoms with Crippen LogP contribution in [-0.2, 0) is 6.42 Å². The van der Waals surface area contributed by atoms with E-state index in [2.05, 4.69) is 9.95 Å². The number of hydrogen-bond donors (Lipinski definition) is 2. The fourth-order valence-electron chi connectivity index (χ4n) is 1.51. The molecule has 90 valence electrons. The largest absolute Gasteiger partial charge is 0.505 e. The summed E-state index contributed by atoms with van der Waals surface area (Å²) in [5.41, 5.74) is 0.860. The van der Waals surface area contributed by atoms with Crippen LogP contribution in [0.1, 0.15) is 5.56 Å². The minimum absolute atomic E-state index is 0.274. The number of benzene rings is 1. The van der Waals surface area contributed by atoms with Crippen LogP contribution in [0.2, 0.25) is 0 Å². The van der Waals surface area contributed by atoms with E-state index in [0.29, 0.717) is 0 Å². The summed E-state index contributed by atoms with van der Waals surface area (Å²) in [6, 6.07) is 9.12. The van der Waals surface area contributed by atoms with Gasteiger partial charge in [0, 0.05) is 0 Å². The number of rotatable bonds is 4. The first-order chi connectivity index (χ1) is 8.69. The standard InChI is InChI=1S/C12H10N4O2/c13-15-7-11(17)10(12(18)8-16-14)6-9-4-2-1-3-5-9/h1-5,7-8,10H,6H2/p+2/b11-7-,12-8-. The number of hydrogen-bond acceptors (Lipinski definition) is 4. The number of nitrogens with zero attached hydrogens (tertiary/aromatic N) is 4. The highest BCUT2D eigenvalue weighted by Gasteiger charge is 2.25. The maximum Gasteiger partial charge on any atom is 0.388 e. The Morgan fingerprint density at radius 1 is 1.06 bits per heavy atom. The van der Waals surface area contributed by atoms with Crippen molar-refractivity contribution in [3.8, 4) is 0 Å². The maximum absolute atomic E-state index is 9.65. The molecule has 0 fully saturated rings. The minimum Gasteiger partial charge on any atom is -0.505 e. The molecule has 0 amide bonds. The Morgan fingerprint density at radius 3 is 2.00 bits per heavy atom. The second kappa shape index (κ2) is 6.66. The van der Waals surface area contributed by atoms with Gasteiger partial charge in [0.05, 0.1) is 5.92 Å². The molecule has 0 heterocycles. The molecule has 0 spiro atoms. The molecule has 0 aliphatic rings. The van der Waals surface area contributed by atoms with Crippen molar-refractivity contribution < 1.29 is 10.2 Å². The second-order valence-electron chi connectivity index (χ2n) is 3.58. The van der Waals surface area contributed by atoms with E-state index in [1.54, 1.807) is 0 Å². The zero-order chi connectivity index (χ0) is 13.4. The summed E-state index contributed by atoms with van der Waals surface area (Å²) in [7, 11) is 0. The number of aliphatic hydroxyl groups is 2. The number of diazo groups is 2. The highest BCUT2D eigenvalue weighted by Crippen LogP contribution is 2.22. The fourth-order valence-corrected chi connectivity index (χ4v) is 1.51. The summed E-state index contributed by atoms with van der Waals surface area (Å²) in [4.78, 5) is 5.39. The first kappa shape index (κ1) is 13.2. The molecule has 0 unspecified atom stereocenters. The Kier molecular flexibility index (Phi) is 4.89. The van der Waals surface area contributed by atoms with Gasteiger partial charge in [-0.2, -0.15) is 0 Å². The van der Waals surface area contributed by atoms with E-state index in [4.69, 9.17) is 10.8 Å². The summed E-state index contributed by atoms with van der Waals surface area (Å²) in [6.45, 7) is 0. The Hall–Kier alpha value is -2.86. The van der Waals surface area contributed by atoms with Gasteiger partial charge in [0.25, 0.3) is 0 Å². The molecule has 0 aromatic heterocycles. The van der Waals surface area contributed by atoms with Crippen molar-refractivity contribution in [1.29, 1.82) is 10.8 Å². The van der Waals surface area contributed by atoms with E-state index in [1.807, 2.05) is 30.3 Å². The summed E-state index contributed by atoms with van der Waals surface area (Å²) in [5.74, 6) is -1.50. The Balaban J connectivity index is 3.01. The lowest BCUT2D eigenvalue weighted by atomic mass is 9.96. The molecule has 0 saturated carbocycles. The van der Waals surface area contributed by atoms with Gasteiger partial charge in [-0.1, -0.05) is 30.3 Å². The summed E-state index contributed by atoms with van der Waals surface area (Å²) >= 11 is 0. The van der Waals surface area contributed by atoms with Crippen molar-refractivity contribution in [2.75, 3.05) is 0 Å². The lowest BCUT2D eigenvalue weighted by molar-refractivity contribution is 0.277. The highest BCUT2D eigenvalue weighted by molar-refractivity contribution is 5.22. The van der Waals surface area contributed by atoms with E-state index < -0.39 is 5.92 Å². The summed E-state index contributed by atoms with van der Waals surface area (Å²) in [6.07, 6.45) is 1.90. The van der Waals surface area contributed by atoms with E-state index >= 15 is 0 Å². The molecule has 0 saturated heterocycles. The van der Waals surface area contributed by atoms with Crippen LogP contribution in [0.3, 0.4) is 0 Å². The molecule has 0 radical (unpaired) electrons. The SMILES string of the molecule is N#[N+]/C=C(\O)C(Cc1ccccc1)/C(O)=C/[N+]#N. The molecule has 0 atom stereocenters. The van der Waals surface area contributed by atoms with Crippen LogP contribution in [0.25, 0.3) is 9.95 Å². The molecule has 2 N–H and O–H groups in total. The second-order valence-corrected chi connectivity index (χ2v) is 3.58. The van der Waals surface area contributed by atoms with Gasteiger partial charge in [-0.25, -0.2) is 0 Å². The molecule has 18 heavy (non-hydrogen) atoms. The molecular weight excluding hydrogens is 232 g/mol. The van der Waals surface area contributed by atoms with Gasteiger partial charge in [-0.15, -0.1) is 0 Å². The van der Waals surface area contributed by atoms with Gasteiger partial charge in [-0.05, 0) is 12.0 Å². The average molecular weight is 244 g/mol. The van der Waals surface area contributed by atoms with E-state index in [0.717, 1.165) is 18.0 Å². The van der Waals surface area contributed by atoms with Gasteiger partial charge in [0.15, 0.2) is 21.5 Å². The van der Waals surface area contributed by atoms with Crippen LogP contribution in [0.15, 0.2) is 54.3 Å². The van der Waals surface area contributed by atoms with Crippen molar-refractivity contribution in [1.82, 2.24) is 0 Å². The third-order valence-corrected chi connectivity index (χ3v) is 2.38. The van der Waals surface area contributed by atoms with E-state index in [9.17, 15) is 10.2 Å². The van der Waals surface area contributed by atoms with Crippen molar-refractivity contribution in [2.45, 2.75) is 6.42 Å². The number of aliphatic hydroxyl groups excluding tert-OH is 2. The predicted octanol–water partition coefficient (Wildman–Crippen LogP) is 3.35. The monoisotopic (exact) mass is 244 g/mol. The van der Waals surface area contributed by atoms with Crippen molar-refractivity contribution >= 4 is 0 Å². The summed E-state index contributed by atoms with van der Waals surface area (Å²) in [5, 5.41) is 36.1. The molecule has 0 aliphatic carbocycles. The first-order valence-electron chi connectivity index (χ1n) is 5.19. The Labute approximate surface area is 104 Å². The topological polar surface area (TPSA) is 96.8 Å². The van der Waals surface area contributed by atoms with Crippen LogP contribution in [0.5, 0.6) is 0 Å². The third kappa shape index (κ3) is 3.62. The average Bonchev–Trinajstić information content (AvgIpc) is 2.37. The van der Waals surface area contributed by atoms with Crippen molar-refractivity contribution in [2.24, 2.45) is 5.92 Å². The zero-order valence-corrected chi connectivity index (χ0v) is 9.51. The summed E-state index contributed by atoms with van der Waals surface area (Å²) < 4.78 is 0. The molecule has 6 nitrogen and oxygen atoms in total. The van der Waals surface area contributed by atoms with Crippen molar-refractivity contribution in [3.63, 3.8) is 0 Å². The van der Waals surface area contributed by atoms with Gasteiger partial charge in [0.2, 0.25) is 10.8 Å². The predicted molar refractivity (Wildman–Crippen MR) is 65.2 cm³/mol. The Morgan fingerprint density at radius 2 is 1.56 bits per heavy atom. The Bertz CT molecular complexity index is 507. The molecule has 6 heteroatoms. The fraction of sp³-hybridized carbons (Fsp3) is 0.167. The van der Waals surface area contributed by atoms with Crippen LogP contribution in [0, 0.1) is 16.7 Å². The van der Waals surface area contributed by atoms with Crippen molar-refractivity contribution in [3.05, 3.63) is 69.8 Å². The zero-order valence-electron chi connectivity index (χ0n) is 9.51. The molecule has 1 aromatic rings. The molecule has 0 aliphatic heterocycles. The molecule has 1 aromatic carbocycles. The van der Waals surface area contributed by atoms with Crippen LogP contribution in [0.4, 0.5) is 0 Å². The van der Waals surface area contributed by atoms with E-state index in [-0.39, 0.29) is 17.9 Å². The van der Waals surface area contributed by atoms with Gasteiger partial charge < -0.3 is 10.2 Å². The lowest BCUT2D eigenvalue weighted by Gasteiger charge is -2.10. The van der Waals surface area contributed by atoms with E-state index in [1.165, 1.54) is 0 Å². The molecule has 1 rings (SSSR count). The van der Waals surface area contributed by atoms with Gasteiger partial charge in [-0.3, -0.25) is 0 Å². The van der Waals surface area contributed by atoms with Crippen LogP contribution < -0.4 is 0 Å². The first-order valence-corrected chi connectivity index (χ1v) is 5.19. The van der Waals surface area contributed by atoms with Crippen LogP contribution >= 0.6 is 0 Å². The smallest absolute Gasteiger partial charge is 0.388 e. The highest BCUT2D eigenvalue weighted by atomic mass is 16.3. The molecular formula is C12H12N4O2+2. The third-order valence-electron chi connectivity index (χ3n) is 2.38. The molecule has 0 bridgehead atoms. The maximum atomic E-state index is 9.65. The van der Waals surface area contributed by atoms with Gasteiger partial charge >= 0.3 is 12.4 Å².